The first kappa shape index (κ1) is 19.0. The topological polar surface area (TPSA) is 88.1 Å². The van der Waals surface area contributed by atoms with Gasteiger partial charge in [0, 0.05) is 16.8 Å². The third-order valence-corrected chi connectivity index (χ3v) is 4.83. The number of hydrogen-bond acceptors (Lipinski definition) is 4. The van der Waals surface area contributed by atoms with E-state index < -0.39 is 6.09 Å². The van der Waals surface area contributed by atoms with Crippen molar-refractivity contribution >= 4 is 28.2 Å². The number of carbonyl (C=O) groups excluding carboxylic acids is 1. The molecule has 0 aliphatic rings. The summed E-state index contributed by atoms with van der Waals surface area (Å²) in [5.41, 5.74) is 10.2. The van der Waals surface area contributed by atoms with Gasteiger partial charge in [-0.15, -0.1) is 0 Å². The van der Waals surface area contributed by atoms with Crippen LogP contribution in [0.5, 0.6) is 0 Å². The van der Waals surface area contributed by atoms with E-state index in [4.69, 9.17) is 10.5 Å². The van der Waals surface area contributed by atoms with Gasteiger partial charge >= 0.3 is 6.09 Å². The number of amides is 1. The summed E-state index contributed by atoms with van der Waals surface area (Å²) in [6, 6.07) is 28.3. The van der Waals surface area contributed by atoms with Gasteiger partial charge in [0.1, 0.15) is 6.61 Å². The molecule has 30 heavy (non-hydrogen) atoms. The van der Waals surface area contributed by atoms with Gasteiger partial charge in [-0.3, -0.25) is 5.32 Å². The van der Waals surface area contributed by atoms with Gasteiger partial charge in [-0.1, -0.05) is 66.7 Å². The Bertz CT molecular complexity index is 1260. The van der Waals surface area contributed by atoms with Crippen molar-refractivity contribution in [3.05, 3.63) is 96.1 Å². The number of nitrogens with two attached hydrogens (primary N) is 1. The number of nitriles is 1. The Kier molecular flexibility index (Phi) is 5.31. The summed E-state index contributed by atoms with van der Waals surface area (Å²) in [5.74, 6) is 0. The Hall–Kier alpha value is -4.30. The summed E-state index contributed by atoms with van der Waals surface area (Å²) in [6.45, 7) is 0.149. The van der Waals surface area contributed by atoms with E-state index in [1.807, 2.05) is 66.7 Å². The smallest absolute Gasteiger partial charge is 0.411 e. The molecule has 4 aromatic carbocycles. The second-order valence-corrected chi connectivity index (χ2v) is 6.81. The van der Waals surface area contributed by atoms with Crippen molar-refractivity contribution in [2.45, 2.75) is 6.61 Å². The van der Waals surface area contributed by atoms with Crippen LogP contribution in [0, 0.1) is 11.3 Å². The molecule has 0 saturated carbocycles. The van der Waals surface area contributed by atoms with Gasteiger partial charge in [0.2, 0.25) is 0 Å². The summed E-state index contributed by atoms with van der Waals surface area (Å²) in [4.78, 5) is 12.5. The molecule has 5 nitrogen and oxygen atoms in total. The van der Waals surface area contributed by atoms with Crippen LogP contribution in [0.15, 0.2) is 84.9 Å². The first-order valence-corrected chi connectivity index (χ1v) is 9.45. The number of hydrogen-bond donors (Lipinski definition) is 2. The van der Waals surface area contributed by atoms with Gasteiger partial charge < -0.3 is 10.5 Å². The third kappa shape index (κ3) is 3.94. The van der Waals surface area contributed by atoms with E-state index in [1.165, 1.54) is 0 Å². The van der Waals surface area contributed by atoms with Crippen LogP contribution in [-0.4, -0.2) is 6.09 Å². The molecule has 0 aromatic heterocycles. The van der Waals surface area contributed by atoms with E-state index in [9.17, 15) is 10.1 Å². The molecule has 1 amide bonds. The highest BCUT2D eigenvalue weighted by Gasteiger charge is 2.15. The lowest BCUT2D eigenvalue weighted by Gasteiger charge is -2.16. The Balaban J connectivity index is 1.70. The molecule has 0 radical (unpaired) electrons. The van der Waals surface area contributed by atoms with Crippen LogP contribution in [0.1, 0.15) is 11.1 Å². The Morgan fingerprint density at radius 2 is 1.73 bits per heavy atom. The van der Waals surface area contributed by atoms with Crippen molar-refractivity contribution in [1.29, 1.82) is 5.26 Å². The van der Waals surface area contributed by atoms with Crippen LogP contribution >= 0.6 is 0 Å². The summed E-state index contributed by atoms with van der Waals surface area (Å²) in [6.07, 6.45) is -0.603. The van der Waals surface area contributed by atoms with Gasteiger partial charge in [-0.25, -0.2) is 4.79 Å². The molecule has 0 atom stereocenters. The Labute approximate surface area is 174 Å². The van der Waals surface area contributed by atoms with Crippen molar-refractivity contribution in [3.8, 4) is 17.2 Å². The summed E-state index contributed by atoms with van der Waals surface area (Å²) in [5, 5.41) is 14.1. The van der Waals surface area contributed by atoms with Crippen LogP contribution < -0.4 is 11.1 Å². The molecule has 4 aromatic rings. The number of nitrogen functional groups attached to an aromatic ring is 1. The van der Waals surface area contributed by atoms with E-state index in [0.29, 0.717) is 16.9 Å². The number of benzene rings is 4. The van der Waals surface area contributed by atoms with E-state index in [-0.39, 0.29) is 6.61 Å². The second-order valence-electron chi connectivity index (χ2n) is 6.81. The minimum absolute atomic E-state index is 0.149. The zero-order valence-corrected chi connectivity index (χ0v) is 16.1. The van der Waals surface area contributed by atoms with Crippen LogP contribution in [0.2, 0.25) is 0 Å². The van der Waals surface area contributed by atoms with Crippen molar-refractivity contribution in [2.24, 2.45) is 0 Å². The number of carbonyl (C=O) groups is 1. The molecule has 0 aliphatic carbocycles. The normalized spacial score (nSPS) is 10.4. The minimum atomic E-state index is -0.603. The van der Waals surface area contributed by atoms with Gasteiger partial charge in [-0.2, -0.15) is 5.26 Å². The fraction of sp³-hybridized carbons (Fsp3) is 0.0400. The highest BCUT2D eigenvalue weighted by molar-refractivity contribution is 6.06. The largest absolute Gasteiger partial charge is 0.444 e. The fourth-order valence-corrected chi connectivity index (χ4v) is 3.39. The predicted octanol–water partition coefficient (Wildman–Crippen LogP) is 5.71. The molecule has 5 heteroatoms. The summed E-state index contributed by atoms with van der Waals surface area (Å²) >= 11 is 0. The Morgan fingerprint density at radius 3 is 2.53 bits per heavy atom. The van der Waals surface area contributed by atoms with Crippen molar-refractivity contribution in [3.63, 3.8) is 0 Å². The summed E-state index contributed by atoms with van der Waals surface area (Å²) < 4.78 is 5.35. The third-order valence-electron chi connectivity index (χ3n) is 4.83. The molecule has 146 valence electrons. The highest BCUT2D eigenvalue weighted by atomic mass is 16.5. The lowest BCUT2D eigenvalue weighted by Crippen LogP contribution is -2.14. The van der Waals surface area contributed by atoms with E-state index >= 15 is 0 Å². The number of ether oxygens (including phenoxy) is 1. The number of rotatable bonds is 4. The zero-order valence-electron chi connectivity index (χ0n) is 16.1. The lowest BCUT2D eigenvalue weighted by molar-refractivity contribution is 0.155. The maximum absolute atomic E-state index is 12.5. The molecule has 0 aliphatic heterocycles. The van der Waals surface area contributed by atoms with Crippen LogP contribution in [0.3, 0.4) is 0 Å². The van der Waals surface area contributed by atoms with Gasteiger partial charge in [-0.05, 0) is 34.5 Å². The number of fused-ring (bicyclic) bond motifs is 1. The first-order valence-electron chi connectivity index (χ1n) is 9.45. The maximum Gasteiger partial charge on any atom is 0.411 e. The molecule has 0 spiro atoms. The van der Waals surface area contributed by atoms with E-state index in [2.05, 4.69) is 11.4 Å². The molecular formula is C25H19N3O2. The molecule has 3 N–H and O–H groups in total. The Morgan fingerprint density at radius 1 is 0.967 bits per heavy atom. The number of nitrogens with zero attached hydrogens (tertiary/aromatic N) is 1. The van der Waals surface area contributed by atoms with Gasteiger partial charge in [0.25, 0.3) is 0 Å². The fourth-order valence-electron chi connectivity index (χ4n) is 3.39. The average Bonchev–Trinajstić information content (AvgIpc) is 2.79. The predicted molar refractivity (Wildman–Crippen MR) is 119 cm³/mol. The van der Waals surface area contributed by atoms with E-state index in [1.54, 1.807) is 18.2 Å². The molecule has 0 heterocycles. The van der Waals surface area contributed by atoms with Crippen molar-refractivity contribution in [2.75, 3.05) is 11.1 Å². The quantitative estimate of drug-likeness (QED) is 0.435. The minimum Gasteiger partial charge on any atom is -0.444 e. The van der Waals surface area contributed by atoms with Crippen LogP contribution in [-0.2, 0) is 11.3 Å². The molecule has 0 fully saturated rings. The van der Waals surface area contributed by atoms with Crippen LogP contribution in [0.4, 0.5) is 16.2 Å². The van der Waals surface area contributed by atoms with E-state index in [0.717, 1.165) is 27.5 Å². The molecular weight excluding hydrogens is 374 g/mol. The monoisotopic (exact) mass is 393 g/mol. The molecule has 0 unspecified atom stereocenters. The zero-order chi connectivity index (χ0) is 20.9. The average molecular weight is 393 g/mol. The van der Waals surface area contributed by atoms with Crippen molar-refractivity contribution in [1.82, 2.24) is 0 Å². The molecule has 0 bridgehead atoms. The lowest BCUT2D eigenvalue weighted by atomic mass is 9.94. The number of nitrogens with one attached hydrogen (secondary N) is 1. The SMILES string of the molecule is N#Cc1ccc(-c2c(N)ccc3ccccc23)c(NC(=O)OCc2ccccc2)c1. The highest BCUT2D eigenvalue weighted by Crippen LogP contribution is 2.38. The van der Waals surface area contributed by atoms with Gasteiger partial charge in [0.15, 0.2) is 0 Å². The maximum atomic E-state index is 12.5. The summed E-state index contributed by atoms with van der Waals surface area (Å²) in [7, 11) is 0. The van der Waals surface area contributed by atoms with Crippen LogP contribution in [0.25, 0.3) is 21.9 Å². The van der Waals surface area contributed by atoms with Crippen molar-refractivity contribution < 1.29 is 9.53 Å². The second kappa shape index (κ2) is 8.38. The van der Waals surface area contributed by atoms with Gasteiger partial charge in [0.05, 0.1) is 17.3 Å². The first-order chi connectivity index (χ1) is 14.7. The molecule has 0 saturated heterocycles. The standard InChI is InChI=1S/C25H19N3O2/c26-15-18-10-12-21(24-20-9-5-4-8-19(20)11-13-22(24)27)23(14-18)28-25(29)30-16-17-6-2-1-3-7-17/h1-14H,16,27H2,(H,28,29). The molecule has 4 rings (SSSR count). The number of anilines is 2.